The summed E-state index contributed by atoms with van der Waals surface area (Å²) in [5, 5.41) is 87.3. The second kappa shape index (κ2) is 47.3. The van der Waals surface area contributed by atoms with Gasteiger partial charge in [-0.05, 0) is 44.9 Å². The molecular weight excluding hydrogens is 955 g/mol. The largest absolute Gasteiger partial charge is 0.394 e. The van der Waals surface area contributed by atoms with E-state index < -0.39 is 86.8 Å². The first kappa shape index (κ1) is 69.6. The molecule has 0 radical (unpaired) electrons. The highest BCUT2D eigenvalue weighted by Crippen LogP contribution is 2.30. The molecule has 12 atom stereocenters. The van der Waals surface area contributed by atoms with Crippen molar-refractivity contribution in [2.75, 3.05) is 19.8 Å². The van der Waals surface area contributed by atoms with Gasteiger partial charge in [0, 0.05) is 6.42 Å². The molecule has 0 saturated carbocycles. The van der Waals surface area contributed by atoms with Gasteiger partial charge < -0.3 is 65.1 Å². The molecule has 0 aromatic carbocycles. The lowest BCUT2D eigenvalue weighted by molar-refractivity contribution is -0.359. The van der Waals surface area contributed by atoms with Crippen molar-refractivity contribution in [2.45, 2.75) is 338 Å². The number of amides is 1. The van der Waals surface area contributed by atoms with Crippen molar-refractivity contribution in [1.29, 1.82) is 0 Å². The Balaban J connectivity index is 1.74. The molecule has 2 aliphatic rings. The maximum Gasteiger partial charge on any atom is 0.220 e. The maximum atomic E-state index is 13.3. The minimum atomic E-state index is -1.78. The third-order valence-electron chi connectivity index (χ3n) is 15.4. The number of rotatable bonds is 50. The van der Waals surface area contributed by atoms with E-state index in [4.69, 9.17) is 18.9 Å². The van der Waals surface area contributed by atoms with Gasteiger partial charge in [0.1, 0.15) is 48.8 Å². The van der Waals surface area contributed by atoms with Crippen molar-refractivity contribution in [1.82, 2.24) is 5.32 Å². The Kier molecular flexibility index (Phi) is 43.9. The average Bonchev–Trinajstić information content (AvgIpc) is 3.41. The number of carbonyl (C=O) groups excluding carboxylic acids is 1. The number of nitrogens with one attached hydrogen (secondary N) is 1. The summed E-state index contributed by atoms with van der Waals surface area (Å²) < 4.78 is 22.9. The van der Waals surface area contributed by atoms with E-state index in [2.05, 4.69) is 43.5 Å². The maximum absolute atomic E-state index is 13.3. The van der Waals surface area contributed by atoms with Gasteiger partial charge in [-0.15, -0.1) is 0 Å². The average molecular weight is 1070 g/mol. The topological polar surface area (TPSA) is 228 Å². The summed E-state index contributed by atoms with van der Waals surface area (Å²) >= 11 is 0. The summed E-state index contributed by atoms with van der Waals surface area (Å²) in [5.41, 5.74) is 0. The fraction of sp³-hybridized carbons (Fsp3) is 0.918. The molecule has 2 fully saturated rings. The van der Waals surface area contributed by atoms with Crippen molar-refractivity contribution in [3.8, 4) is 0 Å². The van der Waals surface area contributed by atoms with Gasteiger partial charge >= 0.3 is 0 Å². The van der Waals surface area contributed by atoms with Crippen LogP contribution in [0.4, 0.5) is 0 Å². The van der Waals surface area contributed by atoms with Crippen LogP contribution in [0.5, 0.6) is 0 Å². The van der Waals surface area contributed by atoms with E-state index >= 15 is 0 Å². The Morgan fingerprint density at radius 2 is 0.880 bits per heavy atom. The summed E-state index contributed by atoms with van der Waals surface area (Å²) in [6.45, 7) is 2.87. The molecule has 9 N–H and O–H groups in total. The monoisotopic (exact) mass is 1070 g/mol. The van der Waals surface area contributed by atoms with Crippen molar-refractivity contribution < 1.29 is 64.6 Å². The molecule has 2 saturated heterocycles. The number of unbranched alkanes of at least 4 members (excludes halogenated alkanes) is 33. The number of aliphatic hydroxyl groups is 8. The molecule has 2 rings (SSSR count). The van der Waals surface area contributed by atoms with Crippen molar-refractivity contribution in [3.05, 3.63) is 24.3 Å². The van der Waals surface area contributed by atoms with Crippen LogP contribution in [0.2, 0.25) is 0 Å². The van der Waals surface area contributed by atoms with E-state index in [1.807, 2.05) is 0 Å². The second-order valence-electron chi connectivity index (χ2n) is 22.2. The lowest BCUT2D eigenvalue weighted by Gasteiger charge is -2.46. The van der Waals surface area contributed by atoms with Crippen molar-refractivity contribution in [2.24, 2.45) is 0 Å². The number of carbonyl (C=O) groups is 1. The van der Waals surface area contributed by atoms with Gasteiger partial charge in [0.2, 0.25) is 5.91 Å². The van der Waals surface area contributed by atoms with Crippen LogP contribution in [-0.2, 0) is 23.7 Å². The van der Waals surface area contributed by atoms with Gasteiger partial charge in [0.05, 0.1) is 32.0 Å². The molecule has 442 valence electrons. The lowest BCUT2D eigenvalue weighted by atomic mass is 9.97. The molecule has 12 unspecified atom stereocenters. The van der Waals surface area contributed by atoms with Crippen LogP contribution in [0, 0.1) is 0 Å². The number of hydrogen-bond donors (Lipinski definition) is 9. The molecule has 0 aliphatic carbocycles. The first-order valence-corrected chi connectivity index (χ1v) is 31.1. The smallest absolute Gasteiger partial charge is 0.220 e. The van der Waals surface area contributed by atoms with E-state index in [1.54, 1.807) is 0 Å². The third kappa shape index (κ3) is 33.0. The lowest BCUT2D eigenvalue weighted by Crippen LogP contribution is -2.65. The van der Waals surface area contributed by atoms with Crippen LogP contribution < -0.4 is 5.32 Å². The fourth-order valence-corrected chi connectivity index (χ4v) is 10.4. The van der Waals surface area contributed by atoms with Gasteiger partial charge in [0.25, 0.3) is 0 Å². The Morgan fingerprint density at radius 3 is 1.35 bits per heavy atom. The van der Waals surface area contributed by atoms with Crippen molar-refractivity contribution in [3.63, 3.8) is 0 Å². The van der Waals surface area contributed by atoms with Gasteiger partial charge in [-0.25, -0.2) is 0 Å². The number of hydrogen-bond acceptors (Lipinski definition) is 13. The SMILES string of the molecule is CCCCCC/C=C\C/C=C\CCCCCCCCCC(=O)NC(COC1OC(CO)C(OC2OC(CO)C(O)C(O)C2O)C(O)C1O)C(O)CCCCCCCCCCCCCCCCCCCCCCCCC. The molecule has 0 bridgehead atoms. The first-order valence-electron chi connectivity index (χ1n) is 31.1. The molecular formula is C61H115NO13. The summed E-state index contributed by atoms with van der Waals surface area (Å²) in [5.74, 6) is -0.212. The van der Waals surface area contributed by atoms with Crippen molar-refractivity contribution >= 4 is 5.91 Å². The van der Waals surface area contributed by atoms with Gasteiger partial charge in [-0.2, -0.15) is 0 Å². The number of ether oxygens (including phenoxy) is 4. The molecule has 14 heteroatoms. The summed E-state index contributed by atoms with van der Waals surface area (Å²) in [4.78, 5) is 13.3. The standard InChI is InChI=1S/C61H115NO13/c1-3-5-7-9-11-13-15-17-19-21-23-24-25-26-27-28-30-32-34-36-38-40-42-44-50(65)49(62-53(66)45-43-41-39-37-35-33-31-29-22-20-18-16-14-12-10-8-6-4-2)48-72-60-58(71)56(69)59(52(47-64)74-60)75-61-57(70)55(68)54(67)51(46-63)73-61/h14,16,20,22,49-52,54-61,63-65,67-71H,3-13,15,17-19,21,23-48H2,1-2H3,(H,62,66)/b16-14-,22-20-. The van der Waals surface area contributed by atoms with E-state index in [9.17, 15) is 45.6 Å². The minimum Gasteiger partial charge on any atom is -0.394 e. The fourth-order valence-electron chi connectivity index (χ4n) is 10.4. The van der Waals surface area contributed by atoms with Gasteiger partial charge in [-0.3, -0.25) is 4.79 Å². The summed E-state index contributed by atoms with van der Waals surface area (Å²) in [7, 11) is 0. The zero-order valence-corrected chi connectivity index (χ0v) is 47.6. The number of aliphatic hydroxyl groups excluding tert-OH is 8. The molecule has 14 nitrogen and oxygen atoms in total. The molecule has 0 aromatic heterocycles. The molecule has 0 spiro atoms. The molecule has 2 aliphatic heterocycles. The van der Waals surface area contributed by atoms with E-state index in [0.717, 1.165) is 57.8 Å². The van der Waals surface area contributed by atoms with E-state index in [-0.39, 0.29) is 12.5 Å². The van der Waals surface area contributed by atoms with Crippen LogP contribution in [0.15, 0.2) is 24.3 Å². The predicted octanol–water partition coefficient (Wildman–Crippen LogP) is 10.8. The molecule has 75 heavy (non-hydrogen) atoms. The van der Waals surface area contributed by atoms with Crippen LogP contribution in [-0.4, -0.2) is 140 Å². The quantitative estimate of drug-likeness (QED) is 0.0204. The van der Waals surface area contributed by atoms with Gasteiger partial charge in [0.15, 0.2) is 12.6 Å². The van der Waals surface area contributed by atoms with Crippen LogP contribution in [0.1, 0.15) is 264 Å². The second-order valence-corrected chi connectivity index (χ2v) is 22.2. The highest BCUT2D eigenvalue weighted by molar-refractivity contribution is 5.76. The van der Waals surface area contributed by atoms with E-state index in [0.29, 0.717) is 19.3 Å². The highest BCUT2D eigenvalue weighted by Gasteiger charge is 2.51. The minimum absolute atomic E-state index is 0.212. The highest BCUT2D eigenvalue weighted by atomic mass is 16.7. The number of allylic oxidation sites excluding steroid dienone is 4. The molecule has 0 aromatic rings. The Labute approximate surface area is 456 Å². The Bertz CT molecular complexity index is 1350. The summed E-state index contributed by atoms with van der Waals surface area (Å²) in [6, 6.07) is -0.832. The predicted molar refractivity (Wildman–Crippen MR) is 300 cm³/mol. The summed E-state index contributed by atoms with van der Waals surface area (Å²) in [6.07, 6.45) is 38.9. The van der Waals surface area contributed by atoms with Crippen LogP contribution in [0.25, 0.3) is 0 Å². The molecule has 2 heterocycles. The Morgan fingerprint density at radius 1 is 0.480 bits per heavy atom. The third-order valence-corrected chi connectivity index (χ3v) is 15.4. The zero-order valence-electron chi connectivity index (χ0n) is 47.6. The zero-order chi connectivity index (χ0) is 54.6. The van der Waals surface area contributed by atoms with Gasteiger partial charge in [-0.1, -0.05) is 237 Å². The normalized spacial score (nSPS) is 25.1. The van der Waals surface area contributed by atoms with E-state index in [1.165, 1.54) is 173 Å². The van der Waals surface area contributed by atoms with Crippen LogP contribution in [0.3, 0.4) is 0 Å². The Hall–Kier alpha value is -1.53. The van der Waals surface area contributed by atoms with Crippen LogP contribution >= 0.6 is 0 Å². The molecule has 1 amide bonds. The first-order chi connectivity index (χ1) is 36.6.